The van der Waals surface area contributed by atoms with E-state index >= 15 is 0 Å². The lowest BCUT2D eigenvalue weighted by Gasteiger charge is -2.06. The number of nitrogens with one attached hydrogen (secondary N) is 1. The Morgan fingerprint density at radius 1 is 1.41 bits per heavy atom. The lowest BCUT2D eigenvalue weighted by atomic mass is 10.1. The SMILES string of the molecule is CCOC(=O)C(C#N)=c1sc(=CNc2ccccc2CCO)c(=O)n1CC. The quantitative estimate of drug-likeness (QED) is 0.673. The molecule has 0 atom stereocenters. The minimum atomic E-state index is -0.740. The average molecular weight is 387 g/mol. The van der Waals surface area contributed by atoms with Gasteiger partial charge in [-0.15, -0.1) is 11.3 Å². The fourth-order valence-corrected chi connectivity index (χ4v) is 3.60. The van der Waals surface area contributed by atoms with Crippen LogP contribution in [0.25, 0.3) is 11.8 Å². The van der Waals surface area contributed by atoms with Crippen molar-refractivity contribution < 1.29 is 14.6 Å². The van der Waals surface area contributed by atoms with Gasteiger partial charge in [-0.2, -0.15) is 5.26 Å². The van der Waals surface area contributed by atoms with E-state index in [1.165, 1.54) is 4.57 Å². The highest BCUT2D eigenvalue weighted by Crippen LogP contribution is 2.15. The number of aliphatic hydroxyl groups excluding tert-OH is 1. The minimum absolute atomic E-state index is 0.0184. The number of thiazole rings is 1. The molecule has 0 bridgehead atoms. The Bertz CT molecular complexity index is 1030. The molecule has 0 aliphatic rings. The van der Waals surface area contributed by atoms with E-state index in [4.69, 9.17) is 9.84 Å². The number of anilines is 1. The van der Waals surface area contributed by atoms with E-state index in [0.29, 0.717) is 17.5 Å². The normalized spacial score (nSPS) is 12.4. The van der Waals surface area contributed by atoms with Crippen LogP contribution in [0.3, 0.4) is 0 Å². The molecule has 0 unspecified atom stereocenters. The van der Waals surface area contributed by atoms with Gasteiger partial charge in [-0.05, 0) is 31.9 Å². The number of rotatable bonds is 7. The molecule has 1 aromatic heterocycles. The summed E-state index contributed by atoms with van der Waals surface area (Å²) in [6.07, 6.45) is 2.04. The molecule has 27 heavy (non-hydrogen) atoms. The molecule has 0 saturated carbocycles. The van der Waals surface area contributed by atoms with Crippen LogP contribution < -0.4 is 20.1 Å². The molecule has 8 heteroatoms. The summed E-state index contributed by atoms with van der Waals surface area (Å²) in [4.78, 5) is 24.7. The minimum Gasteiger partial charge on any atom is -0.462 e. The van der Waals surface area contributed by atoms with Crippen molar-refractivity contribution in [3.63, 3.8) is 0 Å². The first-order valence-corrected chi connectivity index (χ1v) is 9.35. The van der Waals surface area contributed by atoms with Crippen molar-refractivity contribution in [3.8, 4) is 6.07 Å². The van der Waals surface area contributed by atoms with Gasteiger partial charge in [0.1, 0.15) is 15.3 Å². The van der Waals surface area contributed by atoms with Crippen LogP contribution in [0.1, 0.15) is 19.4 Å². The van der Waals surface area contributed by atoms with E-state index in [1.54, 1.807) is 20.0 Å². The maximum Gasteiger partial charge on any atom is 0.351 e. The van der Waals surface area contributed by atoms with E-state index in [9.17, 15) is 14.9 Å². The fraction of sp³-hybridized carbons (Fsp3) is 0.316. The molecule has 2 N–H and O–H groups in total. The van der Waals surface area contributed by atoms with E-state index in [2.05, 4.69) is 5.32 Å². The maximum absolute atomic E-state index is 12.6. The zero-order valence-electron chi connectivity index (χ0n) is 15.2. The van der Waals surface area contributed by atoms with Crippen molar-refractivity contribution in [1.29, 1.82) is 5.26 Å². The van der Waals surface area contributed by atoms with Crippen molar-refractivity contribution >= 4 is 34.8 Å². The third-order valence-electron chi connectivity index (χ3n) is 3.79. The van der Waals surface area contributed by atoms with Crippen LogP contribution in [0.5, 0.6) is 0 Å². The first kappa shape index (κ1) is 20.4. The molecular formula is C19H21N3O4S. The van der Waals surface area contributed by atoms with Gasteiger partial charge in [0.25, 0.3) is 5.56 Å². The number of nitrogens with zero attached hydrogens (tertiary/aromatic N) is 2. The van der Waals surface area contributed by atoms with Gasteiger partial charge in [0.2, 0.25) is 0 Å². The zero-order chi connectivity index (χ0) is 19.8. The molecule has 2 rings (SSSR count). The van der Waals surface area contributed by atoms with Crippen molar-refractivity contribution in [3.05, 3.63) is 49.4 Å². The Hall–Kier alpha value is -2.89. The molecule has 1 aromatic carbocycles. The molecule has 0 amide bonds. The van der Waals surface area contributed by atoms with Crippen molar-refractivity contribution in [1.82, 2.24) is 4.57 Å². The fourth-order valence-electron chi connectivity index (χ4n) is 2.52. The number of para-hydroxylation sites is 1. The van der Waals surface area contributed by atoms with Gasteiger partial charge >= 0.3 is 5.97 Å². The van der Waals surface area contributed by atoms with Gasteiger partial charge in [0.15, 0.2) is 5.57 Å². The second-order valence-electron chi connectivity index (χ2n) is 5.45. The summed E-state index contributed by atoms with van der Waals surface area (Å²) >= 11 is 1.06. The Labute approximate surface area is 160 Å². The summed E-state index contributed by atoms with van der Waals surface area (Å²) in [5, 5.41) is 21.6. The number of carbonyl (C=O) groups is 1. The van der Waals surface area contributed by atoms with Crippen molar-refractivity contribution in [2.45, 2.75) is 26.8 Å². The number of hydrogen-bond donors (Lipinski definition) is 2. The average Bonchev–Trinajstić information content (AvgIpc) is 2.97. The Morgan fingerprint density at radius 2 is 2.15 bits per heavy atom. The zero-order valence-corrected chi connectivity index (χ0v) is 16.0. The first-order valence-electron chi connectivity index (χ1n) is 8.54. The molecule has 0 aliphatic heterocycles. The van der Waals surface area contributed by atoms with E-state index < -0.39 is 5.97 Å². The summed E-state index contributed by atoms with van der Waals surface area (Å²) < 4.78 is 6.94. The number of hydrogen-bond acceptors (Lipinski definition) is 7. The predicted octanol–water partition coefficient (Wildman–Crippen LogP) is 0.552. The summed E-state index contributed by atoms with van der Waals surface area (Å²) in [6.45, 7) is 3.91. The van der Waals surface area contributed by atoms with E-state index in [0.717, 1.165) is 22.6 Å². The van der Waals surface area contributed by atoms with Gasteiger partial charge in [0.05, 0.1) is 6.61 Å². The number of aliphatic hydroxyl groups is 1. The van der Waals surface area contributed by atoms with Crippen LogP contribution >= 0.6 is 11.3 Å². The Kier molecular flexibility index (Phi) is 7.34. The van der Waals surface area contributed by atoms with Gasteiger partial charge in [0, 0.05) is 25.0 Å². The summed E-state index contributed by atoms with van der Waals surface area (Å²) in [7, 11) is 0. The lowest BCUT2D eigenvalue weighted by Crippen LogP contribution is -2.32. The van der Waals surface area contributed by atoms with Crippen molar-refractivity contribution in [2.24, 2.45) is 0 Å². The van der Waals surface area contributed by atoms with Gasteiger partial charge in [-0.3, -0.25) is 9.36 Å². The van der Waals surface area contributed by atoms with Crippen LogP contribution in [0.4, 0.5) is 5.69 Å². The summed E-state index contributed by atoms with van der Waals surface area (Å²) in [5.74, 6) is -0.740. The van der Waals surface area contributed by atoms with Gasteiger partial charge in [-0.25, -0.2) is 4.79 Å². The van der Waals surface area contributed by atoms with Crippen LogP contribution in [0.2, 0.25) is 0 Å². The first-order chi connectivity index (χ1) is 13.1. The van der Waals surface area contributed by atoms with E-state index in [-0.39, 0.29) is 29.0 Å². The molecule has 0 aliphatic carbocycles. The molecule has 0 radical (unpaired) electrons. The van der Waals surface area contributed by atoms with Gasteiger partial charge in [-0.1, -0.05) is 18.2 Å². The number of carbonyl (C=O) groups excluding carboxylic acids is 1. The summed E-state index contributed by atoms with van der Waals surface area (Å²) in [6, 6.07) is 9.31. The Morgan fingerprint density at radius 3 is 2.78 bits per heavy atom. The molecule has 0 fully saturated rings. The number of ether oxygens (including phenoxy) is 1. The van der Waals surface area contributed by atoms with Crippen LogP contribution in [-0.4, -0.2) is 28.9 Å². The second kappa shape index (κ2) is 9.71. The largest absolute Gasteiger partial charge is 0.462 e. The molecule has 7 nitrogen and oxygen atoms in total. The number of aromatic nitrogens is 1. The topological polar surface area (TPSA) is 104 Å². The maximum atomic E-state index is 12.6. The smallest absolute Gasteiger partial charge is 0.351 e. The van der Waals surface area contributed by atoms with Crippen molar-refractivity contribution in [2.75, 3.05) is 18.5 Å². The van der Waals surface area contributed by atoms with Gasteiger partial charge < -0.3 is 15.2 Å². The van der Waals surface area contributed by atoms with Crippen LogP contribution in [0.15, 0.2) is 29.1 Å². The molecule has 0 spiro atoms. The van der Waals surface area contributed by atoms with Crippen LogP contribution in [0, 0.1) is 11.3 Å². The molecule has 142 valence electrons. The summed E-state index contributed by atoms with van der Waals surface area (Å²) in [5.41, 5.74) is 1.22. The second-order valence-corrected chi connectivity index (χ2v) is 6.48. The third-order valence-corrected chi connectivity index (χ3v) is 4.92. The molecule has 1 heterocycles. The lowest BCUT2D eigenvalue weighted by molar-refractivity contribution is -0.136. The molecule has 2 aromatic rings. The number of benzene rings is 1. The molecular weight excluding hydrogens is 366 g/mol. The molecule has 0 saturated heterocycles. The Balaban J connectivity index is 2.56. The predicted molar refractivity (Wildman–Crippen MR) is 104 cm³/mol. The standard InChI is InChI=1S/C19H21N3O4S/c1-3-22-17(24)16(27-18(22)14(11-20)19(25)26-4-2)12-21-15-8-6-5-7-13(15)9-10-23/h5-8,12,21,23H,3-4,9-10H2,1-2H3. The number of nitriles is 1. The number of esters is 1. The highest BCUT2D eigenvalue weighted by Gasteiger charge is 2.16. The highest BCUT2D eigenvalue weighted by atomic mass is 32.1. The van der Waals surface area contributed by atoms with Crippen LogP contribution in [-0.2, 0) is 22.5 Å². The monoisotopic (exact) mass is 387 g/mol. The van der Waals surface area contributed by atoms with E-state index in [1.807, 2.05) is 30.3 Å². The third kappa shape index (κ3) is 4.64. The highest BCUT2D eigenvalue weighted by molar-refractivity contribution is 7.07.